The predicted molar refractivity (Wildman–Crippen MR) is 70.2 cm³/mol. The van der Waals surface area contributed by atoms with Gasteiger partial charge in [0.2, 0.25) is 0 Å². The van der Waals surface area contributed by atoms with Crippen LogP contribution >= 0.6 is 0 Å². The number of likely N-dealkylation sites (N-methyl/N-ethyl adjacent to an activating group) is 1. The van der Waals surface area contributed by atoms with E-state index < -0.39 is 8.32 Å². The van der Waals surface area contributed by atoms with Gasteiger partial charge in [-0.05, 0) is 31.6 Å². The standard InChI is InChI=1S/C12H27NO2Si/c1-12(2,3)16(5,6)15-11-7-10(9-14)13(4)8-11/h10-11,14H,7-9H2,1-6H3/t10-,11?/m0/s1. The van der Waals surface area contributed by atoms with Gasteiger partial charge in [-0.2, -0.15) is 0 Å². The average Bonchev–Trinajstić information content (AvgIpc) is 2.43. The van der Waals surface area contributed by atoms with Gasteiger partial charge in [0.1, 0.15) is 0 Å². The summed E-state index contributed by atoms with van der Waals surface area (Å²) < 4.78 is 6.35. The Hall–Kier alpha value is 0.0969. The summed E-state index contributed by atoms with van der Waals surface area (Å²) in [7, 11) is 0.415. The van der Waals surface area contributed by atoms with E-state index >= 15 is 0 Å². The number of nitrogens with zero attached hydrogens (tertiary/aromatic N) is 1. The molecular formula is C12H27NO2Si. The highest BCUT2D eigenvalue weighted by molar-refractivity contribution is 6.74. The Balaban J connectivity index is 2.57. The molecule has 3 nitrogen and oxygen atoms in total. The minimum Gasteiger partial charge on any atom is -0.413 e. The Bertz CT molecular complexity index is 238. The third-order valence-corrected chi connectivity index (χ3v) is 8.66. The molecule has 0 aromatic rings. The number of hydrogen-bond donors (Lipinski definition) is 1. The third-order valence-electron chi connectivity index (χ3n) is 4.13. The fourth-order valence-electron chi connectivity index (χ4n) is 1.92. The van der Waals surface area contributed by atoms with Crippen LogP contribution in [0.2, 0.25) is 18.1 Å². The van der Waals surface area contributed by atoms with Gasteiger partial charge in [0, 0.05) is 12.6 Å². The van der Waals surface area contributed by atoms with E-state index in [4.69, 9.17) is 4.43 Å². The van der Waals surface area contributed by atoms with Crippen LogP contribution in [0.4, 0.5) is 0 Å². The lowest BCUT2D eigenvalue weighted by atomic mass is 10.2. The van der Waals surface area contributed by atoms with Crippen molar-refractivity contribution in [1.29, 1.82) is 0 Å². The molecule has 0 radical (unpaired) electrons. The molecule has 1 rings (SSSR count). The van der Waals surface area contributed by atoms with Crippen LogP contribution in [0.5, 0.6) is 0 Å². The van der Waals surface area contributed by atoms with Crippen molar-refractivity contribution in [3.63, 3.8) is 0 Å². The molecule has 1 saturated heterocycles. The van der Waals surface area contributed by atoms with E-state index in [1.54, 1.807) is 0 Å². The molecule has 4 heteroatoms. The fraction of sp³-hybridized carbons (Fsp3) is 1.00. The molecule has 0 aromatic heterocycles. The van der Waals surface area contributed by atoms with Gasteiger partial charge in [0.15, 0.2) is 8.32 Å². The van der Waals surface area contributed by atoms with Gasteiger partial charge >= 0.3 is 0 Å². The zero-order valence-electron chi connectivity index (χ0n) is 11.6. The second-order valence-electron chi connectivity index (χ2n) is 6.51. The fourth-order valence-corrected chi connectivity index (χ4v) is 3.28. The molecule has 2 atom stereocenters. The largest absolute Gasteiger partial charge is 0.413 e. The summed E-state index contributed by atoms with van der Waals surface area (Å²) in [6.45, 7) is 12.6. The molecule has 1 N–H and O–H groups in total. The summed E-state index contributed by atoms with van der Waals surface area (Å²) in [6, 6.07) is 0.287. The smallest absolute Gasteiger partial charge is 0.192 e. The van der Waals surface area contributed by atoms with Gasteiger partial charge in [0.25, 0.3) is 0 Å². The quantitative estimate of drug-likeness (QED) is 0.773. The Kier molecular flexibility index (Phi) is 4.22. The highest BCUT2D eigenvalue weighted by atomic mass is 28.4. The van der Waals surface area contributed by atoms with E-state index in [0.717, 1.165) is 13.0 Å². The lowest BCUT2D eigenvalue weighted by Gasteiger charge is -2.38. The Labute approximate surface area is 101 Å². The Morgan fingerprint density at radius 3 is 2.31 bits per heavy atom. The van der Waals surface area contributed by atoms with Crippen molar-refractivity contribution >= 4 is 8.32 Å². The Morgan fingerprint density at radius 1 is 1.38 bits per heavy atom. The number of likely N-dealkylation sites (tertiary alicyclic amines) is 1. The van der Waals surface area contributed by atoms with Gasteiger partial charge in [-0.3, -0.25) is 4.90 Å². The number of aliphatic hydroxyl groups is 1. The lowest BCUT2D eigenvalue weighted by molar-refractivity contribution is 0.181. The van der Waals surface area contributed by atoms with E-state index in [1.807, 2.05) is 0 Å². The van der Waals surface area contributed by atoms with Crippen molar-refractivity contribution in [3.8, 4) is 0 Å². The maximum atomic E-state index is 9.23. The average molecular weight is 245 g/mol. The zero-order chi connectivity index (χ0) is 12.6. The van der Waals surface area contributed by atoms with Crippen LogP contribution in [0.25, 0.3) is 0 Å². The topological polar surface area (TPSA) is 32.7 Å². The summed E-state index contributed by atoms with van der Waals surface area (Å²) in [5.41, 5.74) is 0. The van der Waals surface area contributed by atoms with Crippen molar-refractivity contribution in [1.82, 2.24) is 4.90 Å². The molecular weight excluding hydrogens is 218 g/mol. The van der Waals surface area contributed by atoms with Crippen molar-refractivity contribution in [2.24, 2.45) is 0 Å². The molecule has 0 spiro atoms. The molecule has 1 aliphatic rings. The molecule has 96 valence electrons. The number of hydrogen-bond acceptors (Lipinski definition) is 3. The summed E-state index contributed by atoms with van der Waals surface area (Å²) in [6.07, 6.45) is 1.28. The third kappa shape index (κ3) is 3.06. The van der Waals surface area contributed by atoms with E-state index in [0.29, 0.717) is 6.10 Å². The van der Waals surface area contributed by atoms with Gasteiger partial charge in [0.05, 0.1) is 12.7 Å². The number of rotatable bonds is 3. The first kappa shape index (κ1) is 14.2. The molecule has 0 saturated carbocycles. The highest BCUT2D eigenvalue weighted by Crippen LogP contribution is 2.38. The molecule has 1 heterocycles. The minimum atomic E-state index is -1.65. The van der Waals surface area contributed by atoms with Gasteiger partial charge in [-0.15, -0.1) is 0 Å². The normalized spacial score (nSPS) is 28.7. The van der Waals surface area contributed by atoms with Gasteiger partial charge < -0.3 is 9.53 Å². The molecule has 0 aromatic carbocycles. The highest BCUT2D eigenvalue weighted by Gasteiger charge is 2.41. The van der Waals surface area contributed by atoms with E-state index in [2.05, 4.69) is 45.8 Å². The van der Waals surface area contributed by atoms with Gasteiger partial charge in [-0.25, -0.2) is 0 Å². The van der Waals surface area contributed by atoms with Crippen LogP contribution in [0, 0.1) is 0 Å². The summed E-state index contributed by atoms with van der Waals surface area (Å²) in [4.78, 5) is 2.21. The summed E-state index contributed by atoms with van der Waals surface area (Å²) >= 11 is 0. The summed E-state index contributed by atoms with van der Waals surface area (Å²) in [5.74, 6) is 0. The van der Waals surface area contributed by atoms with Crippen molar-refractivity contribution < 1.29 is 9.53 Å². The van der Waals surface area contributed by atoms with Crippen molar-refractivity contribution in [2.45, 2.75) is 57.5 Å². The minimum absolute atomic E-state index is 0.244. The number of aliphatic hydroxyl groups excluding tert-OH is 1. The second kappa shape index (κ2) is 4.76. The maximum absolute atomic E-state index is 9.23. The van der Waals surface area contributed by atoms with E-state index in [9.17, 15) is 5.11 Å². The molecule has 0 aliphatic carbocycles. The molecule has 1 aliphatic heterocycles. The molecule has 1 unspecified atom stereocenters. The van der Waals surface area contributed by atoms with Crippen molar-refractivity contribution in [3.05, 3.63) is 0 Å². The SMILES string of the molecule is CN1CC(O[Si](C)(C)C(C)(C)C)C[C@H]1CO. The van der Waals surface area contributed by atoms with Crippen LogP contribution in [0.15, 0.2) is 0 Å². The molecule has 16 heavy (non-hydrogen) atoms. The van der Waals surface area contributed by atoms with E-state index in [-0.39, 0.29) is 17.7 Å². The van der Waals surface area contributed by atoms with Crippen LogP contribution < -0.4 is 0 Å². The van der Waals surface area contributed by atoms with Gasteiger partial charge in [-0.1, -0.05) is 20.8 Å². The first-order valence-electron chi connectivity index (χ1n) is 6.16. The van der Waals surface area contributed by atoms with Crippen molar-refractivity contribution in [2.75, 3.05) is 20.2 Å². The molecule has 0 bridgehead atoms. The zero-order valence-corrected chi connectivity index (χ0v) is 12.6. The van der Waals surface area contributed by atoms with Crippen LogP contribution in [-0.2, 0) is 4.43 Å². The maximum Gasteiger partial charge on any atom is 0.192 e. The van der Waals surface area contributed by atoms with Crippen LogP contribution in [0.1, 0.15) is 27.2 Å². The van der Waals surface area contributed by atoms with Crippen LogP contribution in [-0.4, -0.2) is 50.7 Å². The van der Waals surface area contributed by atoms with Crippen LogP contribution in [0.3, 0.4) is 0 Å². The first-order valence-corrected chi connectivity index (χ1v) is 9.07. The Morgan fingerprint density at radius 2 is 1.94 bits per heavy atom. The predicted octanol–water partition coefficient (Wildman–Crippen LogP) is 2.07. The second-order valence-corrected chi connectivity index (χ2v) is 11.3. The first-order chi connectivity index (χ1) is 7.17. The lowest BCUT2D eigenvalue weighted by Crippen LogP contribution is -2.44. The molecule has 1 fully saturated rings. The molecule has 0 amide bonds. The van der Waals surface area contributed by atoms with E-state index in [1.165, 1.54) is 0 Å². The summed E-state index contributed by atoms with van der Waals surface area (Å²) in [5, 5.41) is 9.49. The monoisotopic (exact) mass is 245 g/mol.